The molecule has 0 saturated heterocycles. The highest BCUT2D eigenvalue weighted by molar-refractivity contribution is 9.11. The van der Waals surface area contributed by atoms with Crippen molar-refractivity contribution in [3.8, 4) is 0 Å². The molecule has 1 unspecified atom stereocenters. The number of aryl methyl sites for hydroxylation is 1. The number of hydrogen-bond donors (Lipinski definition) is 1. The first-order valence-corrected chi connectivity index (χ1v) is 6.23. The van der Waals surface area contributed by atoms with Gasteiger partial charge in [-0.15, -0.1) is 0 Å². The van der Waals surface area contributed by atoms with E-state index >= 15 is 0 Å². The van der Waals surface area contributed by atoms with Crippen LogP contribution in [0.25, 0.3) is 0 Å². The van der Waals surface area contributed by atoms with Gasteiger partial charge in [0.1, 0.15) is 0 Å². The predicted molar refractivity (Wildman–Crippen MR) is 68.3 cm³/mol. The van der Waals surface area contributed by atoms with Gasteiger partial charge < -0.3 is 5.73 Å². The Morgan fingerprint density at radius 3 is 2.21 bits per heavy atom. The second kappa shape index (κ2) is 4.77. The zero-order valence-electron chi connectivity index (χ0n) is 8.64. The summed E-state index contributed by atoms with van der Waals surface area (Å²) in [5, 5.41) is 0. The van der Waals surface area contributed by atoms with Crippen molar-refractivity contribution in [3.63, 3.8) is 0 Å². The first kappa shape index (κ1) is 12.2. The Morgan fingerprint density at radius 2 is 1.71 bits per heavy atom. The fourth-order valence-electron chi connectivity index (χ4n) is 1.28. The summed E-state index contributed by atoms with van der Waals surface area (Å²) >= 11 is 7.07. The molecule has 0 saturated carbocycles. The summed E-state index contributed by atoms with van der Waals surface area (Å²) in [5.74, 6) is 0.445. The summed E-state index contributed by atoms with van der Waals surface area (Å²) in [7, 11) is 0. The highest BCUT2D eigenvalue weighted by atomic mass is 79.9. The molecule has 1 rings (SSSR count). The van der Waals surface area contributed by atoms with E-state index in [0.717, 1.165) is 14.5 Å². The highest BCUT2D eigenvalue weighted by Crippen LogP contribution is 2.31. The Bertz CT molecular complexity index is 334. The number of nitrogens with two attached hydrogens (primary N) is 1. The second-order valence-corrected chi connectivity index (χ2v) is 5.60. The molecule has 1 atom stereocenters. The maximum absolute atomic E-state index is 6.11. The van der Waals surface area contributed by atoms with Crippen molar-refractivity contribution in [3.05, 3.63) is 32.2 Å². The molecule has 1 aromatic carbocycles. The lowest BCUT2D eigenvalue weighted by molar-refractivity contribution is 0.512. The molecule has 2 N–H and O–H groups in total. The van der Waals surface area contributed by atoms with Gasteiger partial charge in [-0.25, -0.2) is 0 Å². The molecule has 0 radical (unpaired) electrons. The van der Waals surface area contributed by atoms with E-state index in [1.807, 2.05) is 0 Å². The van der Waals surface area contributed by atoms with Crippen molar-refractivity contribution in [1.82, 2.24) is 0 Å². The van der Waals surface area contributed by atoms with Crippen molar-refractivity contribution in [2.24, 2.45) is 11.7 Å². The van der Waals surface area contributed by atoms with Gasteiger partial charge in [-0.2, -0.15) is 0 Å². The molecular weight excluding hydrogens is 306 g/mol. The molecule has 0 aliphatic carbocycles. The van der Waals surface area contributed by atoms with E-state index in [1.54, 1.807) is 0 Å². The predicted octanol–water partition coefficient (Wildman–Crippen LogP) is 4.18. The third kappa shape index (κ3) is 2.59. The summed E-state index contributed by atoms with van der Waals surface area (Å²) in [6.07, 6.45) is 0. The van der Waals surface area contributed by atoms with E-state index in [9.17, 15) is 0 Å². The van der Waals surface area contributed by atoms with Crippen LogP contribution in [0, 0.1) is 12.8 Å². The van der Waals surface area contributed by atoms with E-state index in [-0.39, 0.29) is 6.04 Å². The van der Waals surface area contributed by atoms with Crippen LogP contribution in [0.4, 0.5) is 0 Å². The highest BCUT2D eigenvalue weighted by Gasteiger charge is 2.14. The van der Waals surface area contributed by atoms with Gasteiger partial charge in [0.15, 0.2) is 0 Å². The van der Waals surface area contributed by atoms with Crippen LogP contribution >= 0.6 is 31.9 Å². The SMILES string of the molecule is Cc1cc(Br)c(C(N)C(C)C)cc1Br. The third-order valence-electron chi connectivity index (χ3n) is 2.36. The topological polar surface area (TPSA) is 26.0 Å². The van der Waals surface area contributed by atoms with E-state index in [2.05, 4.69) is 64.8 Å². The molecule has 0 fully saturated rings. The summed E-state index contributed by atoms with van der Waals surface area (Å²) < 4.78 is 2.21. The van der Waals surface area contributed by atoms with Crippen LogP contribution in [0.1, 0.15) is 31.0 Å². The van der Waals surface area contributed by atoms with Gasteiger partial charge in [0.25, 0.3) is 0 Å². The Hall–Kier alpha value is 0.140. The average molecular weight is 321 g/mol. The molecule has 1 aromatic rings. The molecule has 0 spiro atoms. The molecular formula is C11H15Br2N. The minimum absolute atomic E-state index is 0.0845. The monoisotopic (exact) mass is 319 g/mol. The summed E-state index contributed by atoms with van der Waals surface area (Å²) in [5.41, 5.74) is 8.49. The van der Waals surface area contributed by atoms with Gasteiger partial charge >= 0.3 is 0 Å². The largest absolute Gasteiger partial charge is 0.324 e. The Balaban J connectivity index is 3.15. The number of benzene rings is 1. The third-order valence-corrected chi connectivity index (χ3v) is 3.90. The second-order valence-electron chi connectivity index (χ2n) is 3.89. The molecule has 14 heavy (non-hydrogen) atoms. The lowest BCUT2D eigenvalue weighted by Crippen LogP contribution is -2.17. The van der Waals surface area contributed by atoms with Crippen LogP contribution in [0.15, 0.2) is 21.1 Å². The number of hydrogen-bond acceptors (Lipinski definition) is 1. The van der Waals surface area contributed by atoms with E-state index in [4.69, 9.17) is 5.73 Å². The summed E-state index contributed by atoms with van der Waals surface area (Å²) in [4.78, 5) is 0. The van der Waals surface area contributed by atoms with Crippen LogP contribution in [0.5, 0.6) is 0 Å². The standard InChI is InChI=1S/C11H15Br2N/c1-6(2)11(14)8-5-9(12)7(3)4-10(8)13/h4-6,11H,14H2,1-3H3. The maximum atomic E-state index is 6.11. The van der Waals surface area contributed by atoms with Crippen LogP contribution in [0.2, 0.25) is 0 Å². The van der Waals surface area contributed by atoms with Gasteiger partial charge in [-0.05, 0) is 36.1 Å². The van der Waals surface area contributed by atoms with Crippen LogP contribution in [-0.2, 0) is 0 Å². The number of halogens is 2. The molecule has 0 aromatic heterocycles. The number of rotatable bonds is 2. The molecule has 0 bridgehead atoms. The lowest BCUT2D eigenvalue weighted by atomic mass is 9.96. The van der Waals surface area contributed by atoms with Crippen molar-refractivity contribution >= 4 is 31.9 Å². The fourth-order valence-corrected chi connectivity index (χ4v) is 2.36. The Kier molecular flexibility index (Phi) is 4.16. The molecule has 0 amide bonds. The van der Waals surface area contributed by atoms with Gasteiger partial charge in [0.2, 0.25) is 0 Å². The first-order valence-electron chi connectivity index (χ1n) is 4.64. The van der Waals surface area contributed by atoms with E-state index in [0.29, 0.717) is 5.92 Å². The van der Waals surface area contributed by atoms with Gasteiger partial charge in [-0.3, -0.25) is 0 Å². The molecule has 3 heteroatoms. The van der Waals surface area contributed by atoms with Crippen molar-refractivity contribution < 1.29 is 0 Å². The zero-order chi connectivity index (χ0) is 10.9. The summed E-state index contributed by atoms with van der Waals surface area (Å²) in [6, 6.07) is 4.28. The Labute approximate surface area is 102 Å². The summed E-state index contributed by atoms with van der Waals surface area (Å²) in [6.45, 7) is 6.33. The molecule has 78 valence electrons. The normalized spacial score (nSPS) is 13.4. The van der Waals surface area contributed by atoms with Crippen molar-refractivity contribution in [2.75, 3.05) is 0 Å². The minimum Gasteiger partial charge on any atom is -0.324 e. The molecule has 1 nitrogen and oxygen atoms in total. The van der Waals surface area contributed by atoms with Gasteiger partial charge in [-0.1, -0.05) is 45.7 Å². The molecule has 0 aliphatic rings. The van der Waals surface area contributed by atoms with Crippen molar-refractivity contribution in [2.45, 2.75) is 26.8 Å². The van der Waals surface area contributed by atoms with Gasteiger partial charge in [0.05, 0.1) is 0 Å². The molecule has 0 aliphatic heterocycles. The molecule has 0 heterocycles. The lowest BCUT2D eigenvalue weighted by Gasteiger charge is -2.18. The quantitative estimate of drug-likeness (QED) is 0.869. The average Bonchev–Trinajstić information content (AvgIpc) is 2.10. The van der Waals surface area contributed by atoms with Gasteiger partial charge in [0, 0.05) is 15.0 Å². The maximum Gasteiger partial charge on any atom is 0.0329 e. The van der Waals surface area contributed by atoms with Crippen LogP contribution < -0.4 is 5.73 Å². The Morgan fingerprint density at radius 1 is 1.14 bits per heavy atom. The van der Waals surface area contributed by atoms with Crippen LogP contribution in [0.3, 0.4) is 0 Å². The van der Waals surface area contributed by atoms with E-state index < -0.39 is 0 Å². The zero-order valence-corrected chi connectivity index (χ0v) is 11.8. The van der Waals surface area contributed by atoms with Crippen molar-refractivity contribution in [1.29, 1.82) is 0 Å². The fraction of sp³-hybridized carbons (Fsp3) is 0.455. The minimum atomic E-state index is 0.0845. The van der Waals surface area contributed by atoms with E-state index in [1.165, 1.54) is 5.56 Å². The van der Waals surface area contributed by atoms with Crippen LogP contribution in [-0.4, -0.2) is 0 Å². The first-order chi connectivity index (χ1) is 6.43. The smallest absolute Gasteiger partial charge is 0.0329 e.